The molecule has 0 aliphatic carbocycles. The summed E-state index contributed by atoms with van der Waals surface area (Å²) in [5.41, 5.74) is 5.09. The summed E-state index contributed by atoms with van der Waals surface area (Å²) in [6.45, 7) is 1.28. The van der Waals surface area contributed by atoms with Gasteiger partial charge in [-0.05, 0) is 47.9 Å². The Morgan fingerprint density at radius 2 is 1.85 bits per heavy atom. The first-order chi connectivity index (χ1) is 19.4. The van der Waals surface area contributed by atoms with Gasteiger partial charge in [0.25, 0.3) is 11.6 Å². The predicted molar refractivity (Wildman–Crippen MR) is 152 cm³/mol. The molecule has 0 atom stereocenters. The highest BCUT2D eigenvalue weighted by atomic mass is 16.6. The summed E-state index contributed by atoms with van der Waals surface area (Å²) in [5.74, 6) is 0.631. The van der Waals surface area contributed by atoms with Crippen molar-refractivity contribution in [2.24, 2.45) is 7.05 Å². The molecule has 2 aliphatic rings. The fourth-order valence-electron chi connectivity index (χ4n) is 5.16. The van der Waals surface area contributed by atoms with Crippen LogP contribution in [-0.4, -0.2) is 37.7 Å². The van der Waals surface area contributed by atoms with Crippen LogP contribution < -0.4 is 10.6 Å². The topological polar surface area (TPSA) is 122 Å². The van der Waals surface area contributed by atoms with Crippen molar-refractivity contribution in [1.29, 1.82) is 0 Å². The number of anilines is 2. The van der Waals surface area contributed by atoms with E-state index >= 15 is 0 Å². The zero-order valence-electron chi connectivity index (χ0n) is 21.8. The number of nitro benzene ring substituents is 1. The van der Waals surface area contributed by atoms with Crippen molar-refractivity contribution in [3.63, 3.8) is 0 Å². The maximum absolute atomic E-state index is 13.3. The van der Waals surface area contributed by atoms with E-state index in [1.807, 2.05) is 71.2 Å². The molecule has 0 radical (unpaired) electrons. The van der Waals surface area contributed by atoms with E-state index in [0.717, 1.165) is 41.2 Å². The number of nitrogens with zero attached hydrogens (tertiary/aromatic N) is 4. The Morgan fingerprint density at radius 1 is 1.07 bits per heavy atom. The third kappa shape index (κ3) is 4.71. The number of likely N-dealkylation sites (tertiary alicyclic amines) is 1. The van der Waals surface area contributed by atoms with Crippen LogP contribution in [0, 0.1) is 10.1 Å². The zero-order valence-corrected chi connectivity index (χ0v) is 21.8. The van der Waals surface area contributed by atoms with Gasteiger partial charge in [-0.25, -0.2) is 4.98 Å². The van der Waals surface area contributed by atoms with E-state index in [2.05, 4.69) is 15.6 Å². The molecule has 2 N–H and O–H groups in total. The predicted octanol–water partition coefficient (Wildman–Crippen LogP) is 5.05. The molecule has 200 valence electrons. The number of hydrogen-bond donors (Lipinski definition) is 2. The van der Waals surface area contributed by atoms with Gasteiger partial charge in [0, 0.05) is 73.6 Å². The van der Waals surface area contributed by atoms with Crippen molar-refractivity contribution in [2.75, 3.05) is 17.2 Å². The lowest BCUT2D eigenvalue weighted by Gasteiger charge is -2.18. The van der Waals surface area contributed by atoms with Crippen molar-refractivity contribution < 1.29 is 14.5 Å². The third-order valence-corrected chi connectivity index (χ3v) is 7.23. The second kappa shape index (κ2) is 10.1. The molecule has 40 heavy (non-hydrogen) atoms. The summed E-state index contributed by atoms with van der Waals surface area (Å²) in [7, 11) is 1.93. The Balaban J connectivity index is 1.40. The van der Waals surface area contributed by atoms with E-state index in [1.54, 1.807) is 12.3 Å². The summed E-state index contributed by atoms with van der Waals surface area (Å²) in [4.78, 5) is 42.6. The number of aryl methyl sites for hydroxylation is 1. The molecule has 3 aromatic carbocycles. The van der Waals surface area contributed by atoms with Crippen LogP contribution in [0.5, 0.6) is 0 Å². The zero-order chi connectivity index (χ0) is 27.8. The molecule has 1 fully saturated rings. The smallest absolute Gasteiger partial charge is 0.270 e. The third-order valence-electron chi connectivity index (χ3n) is 7.23. The monoisotopic (exact) mass is 534 g/mol. The van der Waals surface area contributed by atoms with E-state index in [1.165, 1.54) is 12.1 Å². The SMILES string of the molecule is Cn1ccnc1-c1ccc(NC(=C2C(=O)Nc3ccc([N+](=O)[O-])cc32)c2ccc(CN3CCCC3=O)cc2)cc1. The maximum Gasteiger partial charge on any atom is 0.270 e. The lowest BCUT2D eigenvalue weighted by molar-refractivity contribution is -0.384. The van der Waals surface area contributed by atoms with Crippen LogP contribution >= 0.6 is 0 Å². The maximum atomic E-state index is 13.3. The fourth-order valence-corrected chi connectivity index (χ4v) is 5.16. The van der Waals surface area contributed by atoms with Gasteiger partial charge in [0.15, 0.2) is 0 Å². The van der Waals surface area contributed by atoms with Gasteiger partial charge in [0.1, 0.15) is 5.82 Å². The molecular formula is C30H26N6O4. The molecule has 1 saturated heterocycles. The molecule has 0 unspecified atom stereocenters. The molecule has 1 aromatic heterocycles. The summed E-state index contributed by atoms with van der Waals surface area (Å²) >= 11 is 0. The van der Waals surface area contributed by atoms with Crippen LogP contribution in [0.15, 0.2) is 79.1 Å². The van der Waals surface area contributed by atoms with Gasteiger partial charge < -0.3 is 20.1 Å². The van der Waals surface area contributed by atoms with Gasteiger partial charge in [-0.2, -0.15) is 0 Å². The number of carbonyl (C=O) groups excluding carboxylic acids is 2. The van der Waals surface area contributed by atoms with Crippen molar-refractivity contribution in [2.45, 2.75) is 19.4 Å². The van der Waals surface area contributed by atoms with E-state index in [4.69, 9.17) is 0 Å². The lowest BCUT2D eigenvalue weighted by atomic mass is 9.98. The second-order valence-corrected chi connectivity index (χ2v) is 9.87. The molecule has 6 rings (SSSR count). The number of benzene rings is 3. The number of non-ortho nitro benzene ring substituents is 1. The highest BCUT2D eigenvalue weighted by Gasteiger charge is 2.30. The molecular weight excluding hydrogens is 508 g/mol. The van der Waals surface area contributed by atoms with E-state index in [-0.39, 0.29) is 17.5 Å². The van der Waals surface area contributed by atoms with Crippen molar-refractivity contribution in [3.8, 4) is 11.4 Å². The molecule has 10 heteroatoms. The number of carbonyl (C=O) groups is 2. The van der Waals surface area contributed by atoms with Crippen LogP contribution in [0.1, 0.15) is 29.5 Å². The number of amides is 2. The number of fused-ring (bicyclic) bond motifs is 1. The number of hydrogen-bond acceptors (Lipinski definition) is 6. The first kappa shape index (κ1) is 25.1. The molecule has 0 bridgehead atoms. The molecule has 2 aliphatic heterocycles. The summed E-state index contributed by atoms with van der Waals surface area (Å²) in [5, 5.41) is 17.7. The summed E-state index contributed by atoms with van der Waals surface area (Å²) < 4.78 is 1.93. The van der Waals surface area contributed by atoms with Gasteiger partial charge in [0.2, 0.25) is 5.91 Å². The molecule has 0 saturated carbocycles. The molecule has 2 amide bonds. The van der Waals surface area contributed by atoms with Crippen molar-refractivity contribution in [1.82, 2.24) is 14.5 Å². The van der Waals surface area contributed by atoms with E-state index < -0.39 is 4.92 Å². The largest absolute Gasteiger partial charge is 0.354 e. The van der Waals surface area contributed by atoms with Crippen LogP contribution in [0.4, 0.5) is 17.1 Å². The number of nitrogens with one attached hydrogen (secondary N) is 2. The standard InChI is InChI=1S/C30H26N6O4/c1-34-16-14-31-29(34)21-8-10-22(11-9-21)32-28(20-6-4-19(5-7-20)18-35-15-2-3-26(35)37)27-24-17-23(36(39)40)12-13-25(24)33-30(27)38/h4-14,16-17,32H,2-3,15,18H2,1H3,(H,33,38). The highest BCUT2D eigenvalue weighted by molar-refractivity contribution is 6.37. The Morgan fingerprint density at radius 3 is 2.50 bits per heavy atom. The Bertz CT molecular complexity index is 1670. The number of nitro groups is 1. The summed E-state index contributed by atoms with van der Waals surface area (Å²) in [6, 6.07) is 19.7. The minimum absolute atomic E-state index is 0.0999. The number of rotatable bonds is 7. The lowest BCUT2D eigenvalue weighted by Crippen LogP contribution is -2.23. The fraction of sp³-hybridized carbons (Fsp3) is 0.167. The van der Waals surface area contributed by atoms with Gasteiger partial charge in [-0.3, -0.25) is 19.7 Å². The summed E-state index contributed by atoms with van der Waals surface area (Å²) in [6.07, 6.45) is 5.07. The quantitative estimate of drug-likeness (QED) is 0.194. The Kier molecular flexibility index (Phi) is 6.35. The van der Waals surface area contributed by atoms with Crippen molar-refractivity contribution in [3.05, 3.63) is 106 Å². The average Bonchev–Trinajstić information content (AvgIpc) is 3.65. The van der Waals surface area contributed by atoms with E-state index in [0.29, 0.717) is 35.5 Å². The van der Waals surface area contributed by atoms with Gasteiger partial charge >= 0.3 is 0 Å². The van der Waals surface area contributed by atoms with Crippen LogP contribution in [-0.2, 0) is 23.2 Å². The molecule has 4 aromatic rings. The Labute approximate surface area is 230 Å². The minimum Gasteiger partial charge on any atom is -0.354 e. The van der Waals surface area contributed by atoms with Crippen LogP contribution in [0.3, 0.4) is 0 Å². The van der Waals surface area contributed by atoms with E-state index in [9.17, 15) is 19.7 Å². The minimum atomic E-state index is -0.474. The Hall–Kier alpha value is -5.25. The number of aromatic nitrogens is 2. The molecule has 10 nitrogen and oxygen atoms in total. The molecule has 3 heterocycles. The average molecular weight is 535 g/mol. The van der Waals surface area contributed by atoms with Gasteiger partial charge in [-0.1, -0.05) is 24.3 Å². The molecule has 0 spiro atoms. The van der Waals surface area contributed by atoms with Crippen LogP contribution in [0.2, 0.25) is 0 Å². The van der Waals surface area contributed by atoms with Crippen molar-refractivity contribution >= 4 is 40.1 Å². The normalized spacial score (nSPS) is 15.7. The second-order valence-electron chi connectivity index (χ2n) is 9.87. The first-order valence-corrected chi connectivity index (χ1v) is 12.9. The number of imidazole rings is 1. The van der Waals surface area contributed by atoms with Gasteiger partial charge in [0.05, 0.1) is 16.2 Å². The van der Waals surface area contributed by atoms with Crippen LogP contribution in [0.25, 0.3) is 22.7 Å². The highest BCUT2D eigenvalue weighted by Crippen LogP contribution is 2.39. The first-order valence-electron chi connectivity index (χ1n) is 12.9. The van der Waals surface area contributed by atoms with Gasteiger partial charge in [-0.15, -0.1) is 0 Å².